The van der Waals surface area contributed by atoms with Crippen molar-refractivity contribution in [1.29, 1.82) is 0 Å². The van der Waals surface area contributed by atoms with E-state index < -0.39 is 29.7 Å². The van der Waals surface area contributed by atoms with Crippen LogP contribution in [0.1, 0.15) is 29.5 Å². The van der Waals surface area contributed by atoms with Crippen LogP contribution in [0, 0.1) is 0 Å². The van der Waals surface area contributed by atoms with Crippen LogP contribution in [0.2, 0.25) is 0 Å². The highest BCUT2D eigenvalue weighted by Crippen LogP contribution is 2.33. The lowest BCUT2D eigenvalue weighted by molar-refractivity contribution is -0.140. The van der Waals surface area contributed by atoms with Gasteiger partial charge in [-0.05, 0) is 24.1 Å². The van der Waals surface area contributed by atoms with Crippen molar-refractivity contribution in [2.45, 2.75) is 25.4 Å². The summed E-state index contributed by atoms with van der Waals surface area (Å²) in [6.45, 7) is 0. The van der Waals surface area contributed by atoms with Crippen molar-refractivity contribution >= 4 is 5.97 Å². The Morgan fingerprint density at radius 2 is 1.95 bits per heavy atom. The molecule has 0 bridgehead atoms. The summed E-state index contributed by atoms with van der Waals surface area (Å²) in [5.41, 5.74) is -1.72. The molecule has 19 heavy (non-hydrogen) atoms. The Hall–Kier alpha value is -1.66. The number of halogens is 5. The topological polar surface area (TPSA) is 26.3 Å². The molecule has 0 aliphatic heterocycles. The number of esters is 1. The Kier molecular flexibility index (Phi) is 4.85. The molecule has 1 rings (SSSR count). The molecule has 2 nitrogen and oxygen atoms in total. The minimum Gasteiger partial charge on any atom is -0.469 e. The monoisotopic (exact) mass is 282 g/mol. The fourth-order valence-corrected chi connectivity index (χ4v) is 1.55. The van der Waals surface area contributed by atoms with Gasteiger partial charge < -0.3 is 4.74 Å². The molecule has 0 atom stereocenters. The first kappa shape index (κ1) is 15.4. The van der Waals surface area contributed by atoms with Crippen LogP contribution in [-0.4, -0.2) is 13.1 Å². The van der Waals surface area contributed by atoms with Crippen LogP contribution in [0.5, 0.6) is 0 Å². The number of carbonyl (C=O) groups excluding carboxylic acids is 1. The minimum absolute atomic E-state index is 0.199. The van der Waals surface area contributed by atoms with Crippen LogP contribution >= 0.6 is 0 Å². The van der Waals surface area contributed by atoms with E-state index in [0.717, 1.165) is 13.2 Å². The van der Waals surface area contributed by atoms with E-state index in [1.807, 2.05) is 0 Å². The molecule has 0 heterocycles. The molecule has 0 aromatic heterocycles. The molecule has 0 aliphatic rings. The third kappa shape index (κ3) is 4.18. The van der Waals surface area contributed by atoms with E-state index in [1.165, 1.54) is 0 Å². The van der Waals surface area contributed by atoms with Gasteiger partial charge in [0.1, 0.15) is 0 Å². The van der Waals surface area contributed by atoms with Crippen molar-refractivity contribution in [3.05, 3.63) is 34.9 Å². The Balaban J connectivity index is 3.05. The molecule has 0 saturated heterocycles. The van der Waals surface area contributed by atoms with Crippen molar-refractivity contribution in [2.75, 3.05) is 7.11 Å². The van der Waals surface area contributed by atoms with Crippen molar-refractivity contribution in [3.8, 4) is 0 Å². The zero-order valence-electron chi connectivity index (χ0n) is 9.93. The summed E-state index contributed by atoms with van der Waals surface area (Å²) < 4.78 is 67.1. The van der Waals surface area contributed by atoms with E-state index in [2.05, 4.69) is 4.74 Å². The lowest BCUT2D eigenvalue weighted by atomic mass is 10.00. The second-order valence-corrected chi connectivity index (χ2v) is 3.79. The SMILES string of the molecule is COC(=O)CCc1cc(C(F)(F)F)ccc1C(F)F. The van der Waals surface area contributed by atoms with Gasteiger partial charge in [0.15, 0.2) is 0 Å². The van der Waals surface area contributed by atoms with Gasteiger partial charge in [0.2, 0.25) is 0 Å². The van der Waals surface area contributed by atoms with Crippen LogP contribution in [0.15, 0.2) is 18.2 Å². The molecule has 0 saturated carbocycles. The number of hydrogen-bond donors (Lipinski definition) is 0. The van der Waals surface area contributed by atoms with Gasteiger partial charge >= 0.3 is 12.1 Å². The standard InChI is InChI=1S/C12H11F5O2/c1-19-10(18)5-2-7-6-8(12(15,16)17)3-4-9(7)11(13)14/h3-4,6,11H,2,5H2,1H3. The largest absolute Gasteiger partial charge is 0.469 e. The molecule has 1 aromatic carbocycles. The first-order valence-corrected chi connectivity index (χ1v) is 5.30. The van der Waals surface area contributed by atoms with Crippen LogP contribution in [-0.2, 0) is 22.1 Å². The molecule has 1 aromatic rings. The van der Waals surface area contributed by atoms with Gasteiger partial charge in [-0.2, -0.15) is 13.2 Å². The quantitative estimate of drug-likeness (QED) is 0.621. The fourth-order valence-electron chi connectivity index (χ4n) is 1.55. The maximum atomic E-state index is 12.7. The molecule has 0 amide bonds. The average Bonchev–Trinajstić information content (AvgIpc) is 2.34. The highest BCUT2D eigenvalue weighted by molar-refractivity contribution is 5.69. The number of carbonyl (C=O) groups is 1. The maximum Gasteiger partial charge on any atom is 0.416 e. The summed E-state index contributed by atoms with van der Waals surface area (Å²) >= 11 is 0. The molecule has 106 valence electrons. The van der Waals surface area contributed by atoms with Gasteiger partial charge in [0.05, 0.1) is 12.7 Å². The lowest BCUT2D eigenvalue weighted by Crippen LogP contribution is -2.09. The molecule has 0 unspecified atom stereocenters. The van der Waals surface area contributed by atoms with Crippen LogP contribution in [0.4, 0.5) is 22.0 Å². The molecule has 0 spiro atoms. The first-order chi connectivity index (χ1) is 8.75. The van der Waals surface area contributed by atoms with Crippen LogP contribution in [0.3, 0.4) is 0 Å². The van der Waals surface area contributed by atoms with Crippen LogP contribution < -0.4 is 0 Å². The molecule has 0 N–H and O–H groups in total. The average molecular weight is 282 g/mol. The summed E-state index contributed by atoms with van der Waals surface area (Å²) in [6, 6.07) is 1.98. The summed E-state index contributed by atoms with van der Waals surface area (Å²) in [7, 11) is 1.11. The normalized spacial score (nSPS) is 11.7. The van der Waals surface area contributed by atoms with Crippen molar-refractivity contribution in [1.82, 2.24) is 0 Å². The number of hydrogen-bond acceptors (Lipinski definition) is 2. The van der Waals surface area contributed by atoms with E-state index in [1.54, 1.807) is 0 Å². The van der Waals surface area contributed by atoms with E-state index in [0.29, 0.717) is 12.1 Å². The summed E-state index contributed by atoms with van der Waals surface area (Å²) in [4.78, 5) is 10.9. The second kappa shape index (κ2) is 5.99. The molecular weight excluding hydrogens is 271 g/mol. The van der Waals surface area contributed by atoms with Gasteiger partial charge in [-0.3, -0.25) is 4.79 Å². The fraction of sp³-hybridized carbons (Fsp3) is 0.417. The number of alkyl halides is 5. The predicted molar refractivity (Wildman–Crippen MR) is 56.7 cm³/mol. The Labute approximate surface area is 106 Å². The molecule has 0 radical (unpaired) electrons. The zero-order valence-corrected chi connectivity index (χ0v) is 9.93. The highest BCUT2D eigenvalue weighted by atomic mass is 19.4. The molecular formula is C12H11F5O2. The third-order valence-corrected chi connectivity index (χ3v) is 2.53. The first-order valence-electron chi connectivity index (χ1n) is 5.30. The smallest absolute Gasteiger partial charge is 0.416 e. The minimum atomic E-state index is -4.61. The van der Waals surface area contributed by atoms with E-state index in [-0.39, 0.29) is 18.4 Å². The van der Waals surface area contributed by atoms with Gasteiger partial charge in [0.25, 0.3) is 6.43 Å². The maximum absolute atomic E-state index is 12.7. The Morgan fingerprint density at radius 1 is 1.32 bits per heavy atom. The second-order valence-electron chi connectivity index (χ2n) is 3.79. The highest BCUT2D eigenvalue weighted by Gasteiger charge is 2.31. The van der Waals surface area contributed by atoms with Crippen molar-refractivity contribution in [2.24, 2.45) is 0 Å². The summed E-state index contributed by atoms with van der Waals surface area (Å²) in [5, 5.41) is 0. The van der Waals surface area contributed by atoms with E-state index in [9.17, 15) is 26.7 Å². The summed E-state index contributed by atoms with van der Waals surface area (Å²) in [5.74, 6) is -0.669. The van der Waals surface area contributed by atoms with Crippen molar-refractivity contribution in [3.63, 3.8) is 0 Å². The Morgan fingerprint density at radius 3 is 2.42 bits per heavy atom. The predicted octanol–water partition coefficient (Wildman–Crippen LogP) is 3.75. The van der Waals surface area contributed by atoms with E-state index >= 15 is 0 Å². The van der Waals surface area contributed by atoms with Crippen LogP contribution in [0.25, 0.3) is 0 Å². The molecule has 0 fully saturated rings. The van der Waals surface area contributed by atoms with E-state index in [4.69, 9.17) is 0 Å². The third-order valence-electron chi connectivity index (χ3n) is 2.53. The van der Waals surface area contributed by atoms with Gasteiger partial charge in [0, 0.05) is 12.0 Å². The number of benzene rings is 1. The molecule has 7 heteroatoms. The van der Waals surface area contributed by atoms with Gasteiger partial charge in [-0.1, -0.05) is 6.07 Å². The zero-order chi connectivity index (χ0) is 14.6. The Bertz CT molecular complexity index is 454. The number of rotatable bonds is 4. The van der Waals surface area contributed by atoms with Gasteiger partial charge in [-0.15, -0.1) is 0 Å². The van der Waals surface area contributed by atoms with Crippen molar-refractivity contribution < 1.29 is 31.5 Å². The van der Waals surface area contributed by atoms with Gasteiger partial charge in [-0.25, -0.2) is 8.78 Å². The molecule has 0 aliphatic carbocycles. The lowest BCUT2D eigenvalue weighted by Gasteiger charge is -2.13. The number of ether oxygens (including phenoxy) is 1. The number of aryl methyl sites for hydroxylation is 1. The number of methoxy groups -OCH3 is 1. The summed E-state index contributed by atoms with van der Waals surface area (Å²) in [6.07, 6.45) is -7.98.